The predicted molar refractivity (Wildman–Crippen MR) is 195 cm³/mol. The molecule has 4 saturated heterocycles. The number of likely N-dealkylation sites (N-methyl/N-ethyl adjacent to an activating group) is 1. The maximum Gasteiger partial charge on any atom is 0.410 e. The van der Waals surface area contributed by atoms with Crippen molar-refractivity contribution in [2.45, 2.75) is 149 Å². The first-order valence-corrected chi connectivity index (χ1v) is 21.1. The van der Waals surface area contributed by atoms with Crippen LogP contribution < -0.4 is 0 Å². The van der Waals surface area contributed by atoms with E-state index in [0.29, 0.717) is 40.5 Å². The summed E-state index contributed by atoms with van der Waals surface area (Å²) in [5.74, 6) is 2.00. The van der Waals surface area contributed by atoms with Crippen molar-refractivity contribution in [1.82, 2.24) is 14.7 Å². The Morgan fingerprint density at radius 2 is 1.67 bits per heavy atom. The van der Waals surface area contributed by atoms with Gasteiger partial charge in [0.25, 0.3) is 0 Å². The lowest BCUT2D eigenvalue weighted by atomic mass is 9.41. The number of ether oxygens (including phenoxy) is 4. The van der Waals surface area contributed by atoms with Gasteiger partial charge < -0.3 is 33.9 Å². The molecule has 2 spiro atoms. The lowest BCUT2D eigenvalue weighted by molar-refractivity contribution is -0.253. The Bertz CT molecular complexity index is 1370. The molecule has 9 rings (SSSR count). The highest BCUT2D eigenvalue weighted by Gasteiger charge is 2.84. The lowest BCUT2D eigenvalue weighted by Gasteiger charge is -2.64. The van der Waals surface area contributed by atoms with Crippen LogP contribution in [-0.4, -0.2) is 122 Å². The molecular weight excluding hydrogens is 642 g/mol. The van der Waals surface area contributed by atoms with E-state index >= 15 is 0 Å². The third-order valence-corrected chi connectivity index (χ3v) is 18.1. The standard InChI is InChI=1S/C42H69N3O6/c1-25(2)34(51-37(47)44-16-9-17-44)28-20-26(3)33-35(49-28)36(46)40(7)30-11-10-29-38(4,5)31(12-13-41(29)24-42(30,41)15-14-39(33,40)6)50-32-23-45(18-19-48-32)27-21-43(8)22-27/h25-36,46H,9-24H2,1-8H3/t26-,28?,29+,30?,31+,32+,33+,34-,35?,36+,39-,40-,41-,42+/m1/s1. The molecule has 9 nitrogen and oxygen atoms in total. The van der Waals surface area contributed by atoms with Gasteiger partial charge in [-0.05, 0) is 116 Å². The van der Waals surface area contributed by atoms with E-state index in [4.69, 9.17) is 18.9 Å². The van der Waals surface area contributed by atoms with E-state index in [0.717, 1.165) is 65.1 Å². The fourth-order valence-corrected chi connectivity index (χ4v) is 15.2. The minimum absolute atomic E-state index is 0.0188. The van der Waals surface area contributed by atoms with Gasteiger partial charge in [0, 0.05) is 50.7 Å². The molecule has 288 valence electrons. The average molecular weight is 712 g/mol. The highest BCUT2D eigenvalue weighted by molar-refractivity contribution is 5.68. The van der Waals surface area contributed by atoms with Gasteiger partial charge in [0.05, 0.1) is 31.0 Å². The maximum absolute atomic E-state index is 13.0. The molecule has 51 heavy (non-hydrogen) atoms. The number of aliphatic hydroxyl groups excluding tert-OH is 1. The van der Waals surface area contributed by atoms with E-state index in [2.05, 4.69) is 65.3 Å². The number of aliphatic hydroxyl groups is 1. The van der Waals surface area contributed by atoms with Gasteiger partial charge >= 0.3 is 6.09 Å². The lowest BCUT2D eigenvalue weighted by Crippen LogP contribution is -2.62. The molecule has 4 aliphatic heterocycles. The largest absolute Gasteiger partial charge is 0.443 e. The van der Waals surface area contributed by atoms with E-state index in [9.17, 15) is 9.90 Å². The van der Waals surface area contributed by atoms with Crippen LogP contribution in [0.5, 0.6) is 0 Å². The summed E-state index contributed by atoms with van der Waals surface area (Å²) in [7, 11) is 2.21. The van der Waals surface area contributed by atoms with Crippen LogP contribution in [0.4, 0.5) is 4.79 Å². The Morgan fingerprint density at radius 3 is 2.35 bits per heavy atom. The van der Waals surface area contributed by atoms with E-state index in [1.807, 2.05) is 0 Å². The summed E-state index contributed by atoms with van der Waals surface area (Å²) in [5.41, 5.74) is 0.571. The molecule has 3 unspecified atom stereocenters. The number of carbonyl (C=O) groups excluding carboxylic acids is 1. The molecule has 0 bridgehead atoms. The molecule has 0 aromatic carbocycles. The Morgan fingerprint density at radius 1 is 0.941 bits per heavy atom. The highest BCUT2D eigenvalue weighted by Crippen LogP contribution is 2.89. The van der Waals surface area contributed by atoms with Gasteiger partial charge in [-0.2, -0.15) is 0 Å². The molecule has 0 aromatic heterocycles. The van der Waals surface area contributed by atoms with Gasteiger partial charge in [0.1, 0.15) is 6.10 Å². The van der Waals surface area contributed by atoms with Gasteiger partial charge in [0.15, 0.2) is 6.29 Å². The fraction of sp³-hybridized carbons (Fsp3) is 0.976. The van der Waals surface area contributed by atoms with Crippen LogP contribution in [0.25, 0.3) is 0 Å². The molecule has 14 atom stereocenters. The number of nitrogens with zero attached hydrogens (tertiary/aromatic N) is 3. The minimum Gasteiger partial charge on any atom is -0.443 e. The zero-order valence-corrected chi connectivity index (χ0v) is 33.1. The SMILES string of the molecule is CC(C)[C@@H](OC(=O)N1CCC1)C1C[C@@H](C)[C@H]2C(O1)[C@H](O)[C@@]1(C)C3CC[C@H]4C(C)(C)[C@@H](O[C@H]5CN(C6CN(C)C6)CCO5)CC[C@@]45C[C@@]35CC[C@]21C. The first-order chi connectivity index (χ1) is 24.2. The second kappa shape index (κ2) is 12.0. The number of amides is 1. The van der Waals surface area contributed by atoms with Crippen molar-refractivity contribution in [3.63, 3.8) is 0 Å². The number of morpholine rings is 1. The Hall–Kier alpha value is -0.970. The monoisotopic (exact) mass is 712 g/mol. The average Bonchev–Trinajstić information content (AvgIpc) is 3.67. The fourth-order valence-electron chi connectivity index (χ4n) is 15.2. The molecule has 0 radical (unpaired) electrons. The molecule has 9 fully saturated rings. The summed E-state index contributed by atoms with van der Waals surface area (Å²) in [6, 6.07) is 0.644. The van der Waals surface area contributed by atoms with Crippen LogP contribution >= 0.6 is 0 Å². The molecule has 5 aliphatic carbocycles. The molecule has 5 saturated carbocycles. The van der Waals surface area contributed by atoms with Crippen molar-refractivity contribution in [1.29, 1.82) is 0 Å². The number of likely N-dealkylation sites (tertiary alicyclic amines) is 2. The highest BCUT2D eigenvalue weighted by atomic mass is 16.7. The molecule has 1 N–H and O–H groups in total. The Balaban J connectivity index is 0.926. The van der Waals surface area contributed by atoms with Crippen LogP contribution in [0.3, 0.4) is 0 Å². The predicted octanol–water partition coefficient (Wildman–Crippen LogP) is 6.02. The molecule has 1 amide bonds. The van der Waals surface area contributed by atoms with Crippen LogP contribution in [0.15, 0.2) is 0 Å². The van der Waals surface area contributed by atoms with Crippen LogP contribution in [0, 0.1) is 56.7 Å². The second-order valence-corrected chi connectivity index (χ2v) is 20.8. The van der Waals surface area contributed by atoms with Gasteiger partial charge in [-0.1, -0.05) is 48.5 Å². The number of rotatable bonds is 6. The zero-order valence-electron chi connectivity index (χ0n) is 33.1. The molecule has 9 aliphatic rings. The van der Waals surface area contributed by atoms with Gasteiger partial charge in [-0.25, -0.2) is 4.79 Å². The number of hydrogen-bond acceptors (Lipinski definition) is 8. The normalized spacial score (nSPS) is 51.3. The van der Waals surface area contributed by atoms with E-state index in [-0.39, 0.29) is 59.0 Å². The van der Waals surface area contributed by atoms with Crippen molar-refractivity contribution < 1.29 is 28.8 Å². The summed E-state index contributed by atoms with van der Waals surface area (Å²) < 4.78 is 26.5. The zero-order chi connectivity index (χ0) is 35.9. The number of hydrogen-bond donors (Lipinski definition) is 1. The number of fused-ring (bicyclic) bond motifs is 4. The molecule has 0 aromatic rings. The van der Waals surface area contributed by atoms with Crippen LogP contribution in [0.1, 0.15) is 106 Å². The van der Waals surface area contributed by atoms with Crippen molar-refractivity contribution in [2.24, 2.45) is 56.7 Å². The van der Waals surface area contributed by atoms with Crippen molar-refractivity contribution in [3.8, 4) is 0 Å². The third kappa shape index (κ3) is 4.88. The summed E-state index contributed by atoms with van der Waals surface area (Å²) >= 11 is 0. The second-order valence-electron chi connectivity index (χ2n) is 20.8. The topological polar surface area (TPSA) is 83.9 Å². The van der Waals surface area contributed by atoms with E-state index < -0.39 is 6.10 Å². The Labute approximate surface area is 307 Å². The van der Waals surface area contributed by atoms with Crippen LogP contribution in [-0.2, 0) is 18.9 Å². The van der Waals surface area contributed by atoms with Crippen LogP contribution in [0.2, 0.25) is 0 Å². The third-order valence-electron chi connectivity index (χ3n) is 18.1. The summed E-state index contributed by atoms with van der Waals surface area (Å²) in [6.07, 6.45) is 9.17. The maximum atomic E-state index is 13.0. The van der Waals surface area contributed by atoms with Gasteiger partial charge in [-0.15, -0.1) is 0 Å². The summed E-state index contributed by atoms with van der Waals surface area (Å²) in [6.45, 7) is 23.3. The van der Waals surface area contributed by atoms with Crippen molar-refractivity contribution >= 4 is 6.09 Å². The summed E-state index contributed by atoms with van der Waals surface area (Å²) in [4.78, 5) is 19.8. The van der Waals surface area contributed by atoms with Crippen molar-refractivity contribution in [3.05, 3.63) is 0 Å². The summed E-state index contributed by atoms with van der Waals surface area (Å²) in [5, 5.41) is 12.7. The molecular formula is C42H69N3O6. The molecule has 9 heteroatoms. The molecule has 4 heterocycles. The van der Waals surface area contributed by atoms with E-state index in [1.54, 1.807) is 4.90 Å². The van der Waals surface area contributed by atoms with Gasteiger partial charge in [-0.3, -0.25) is 4.90 Å². The van der Waals surface area contributed by atoms with E-state index in [1.165, 1.54) is 38.5 Å². The van der Waals surface area contributed by atoms with Crippen molar-refractivity contribution in [2.75, 3.05) is 52.9 Å². The smallest absolute Gasteiger partial charge is 0.410 e. The van der Waals surface area contributed by atoms with Gasteiger partial charge in [0.2, 0.25) is 0 Å². The Kier molecular flexibility index (Phi) is 8.41. The minimum atomic E-state index is -0.512. The number of carbonyl (C=O) groups is 1. The first-order valence-electron chi connectivity index (χ1n) is 21.1. The first kappa shape index (κ1) is 35.7. The quantitative estimate of drug-likeness (QED) is 0.358.